The number of ether oxygens (including phenoxy) is 1. The lowest BCUT2D eigenvalue weighted by Gasteiger charge is -2.35. The van der Waals surface area contributed by atoms with Crippen LogP contribution in [-0.2, 0) is 14.6 Å². The Bertz CT molecular complexity index is 1140. The van der Waals surface area contributed by atoms with Crippen molar-refractivity contribution in [2.75, 3.05) is 18.0 Å². The van der Waals surface area contributed by atoms with Gasteiger partial charge in [-0.05, 0) is 51.5 Å². The van der Waals surface area contributed by atoms with Crippen LogP contribution < -0.4 is 4.90 Å². The maximum atomic E-state index is 13.5. The van der Waals surface area contributed by atoms with E-state index < -0.39 is 9.84 Å². The zero-order valence-corrected chi connectivity index (χ0v) is 18.4. The Labute approximate surface area is 177 Å². The number of rotatable bonds is 4. The molecule has 0 bridgehead atoms. The molecule has 2 atom stereocenters. The van der Waals surface area contributed by atoms with Crippen molar-refractivity contribution in [3.63, 3.8) is 0 Å². The number of nitrogens with zero attached hydrogens (tertiary/aromatic N) is 2. The van der Waals surface area contributed by atoms with Crippen molar-refractivity contribution < 1.29 is 17.6 Å². The second kappa shape index (κ2) is 7.89. The zero-order chi connectivity index (χ0) is 21.5. The van der Waals surface area contributed by atoms with E-state index >= 15 is 0 Å². The lowest BCUT2D eigenvalue weighted by Crippen LogP contribution is -2.45. The van der Waals surface area contributed by atoms with Crippen molar-refractivity contribution in [3.05, 3.63) is 59.7 Å². The Hall–Kier alpha value is -2.64. The minimum Gasteiger partial charge on any atom is -0.419 e. The van der Waals surface area contributed by atoms with E-state index in [0.717, 1.165) is 16.7 Å². The van der Waals surface area contributed by atoms with E-state index in [0.29, 0.717) is 19.0 Å². The van der Waals surface area contributed by atoms with Crippen molar-refractivity contribution in [1.82, 2.24) is 4.98 Å². The predicted molar refractivity (Wildman–Crippen MR) is 116 cm³/mol. The summed E-state index contributed by atoms with van der Waals surface area (Å²) in [6.07, 6.45) is -0.0913. The topological polar surface area (TPSA) is 72.6 Å². The van der Waals surface area contributed by atoms with Crippen LogP contribution in [0.15, 0.2) is 62.9 Å². The van der Waals surface area contributed by atoms with Gasteiger partial charge in [-0.3, -0.25) is 0 Å². The summed E-state index contributed by atoms with van der Waals surface area (Å²) in [5, 5.41) is -0.0501. The average Bonchev–Trinajstić information content (AvgIpc) is 3.14. The Balaban J connectivity index is 1.87. The van der Waals surface area contributed by atoms with Crippen LogP contribution >= 0.6 is 0 Å². The van der Waals surface area contributed by atoms with E-state index in [4.69, 9.17) is 9.15 Å². The first-order valence-corrected chi connectivity index (χ1v) is 11.5. The molecule has 4 rings (SSSR count). The molecule has 7 heteroatoms. The molecule has 0 aliphatic carbocycles. The number of sulfone groups is 1. The number of morpholine rings is 1. The van der Waals surface area contributed by atoms with Crippen molar-refractivity contribution in [2.24, 2.45) is 0 Å². The number of hydrogen-bond acceptors (Lipinski definition) is 6. The van der Waals surface area contributed by atoms with Crippen LogP contribution in [0.4, 0.5) is 5.88 Å². The molecule has 1 aromatic heterocycles. The van der Waals surface area contributed by atoms with Gasteiger partial charge in [-0.15, -0.1) is 0 Å². The SMILES string of the molecule is Cc1ccc(S(=O)(=O)c2nc(-c3ccccc3C)oc2N2C[C@@H](C)O[C@@H](C)C2)cc1. The van der Waals surface area contributed by atoms with Gasteiger partial charge in [0, 0.05) is 18.7 Å². The van der Waals surface area contributed by atoms with Crippen molar-refractivity contribution in [1.29, 1.82) is 0 Å². The van der Waals surface area contributed by atoms with Gasteiger partial charge in [-0.25, -0.2) is 8.42 Å². The molecule has 1 aliphatic rings. The van der Waals surface area contributed by atoms with E-state index in [1.165, 1.54) is 0 Å². The molecule has 0 radical (unpaired) electrons. The van der Waals surface area contributed by atoms with Crippen LogP contribution in [0.25, 0.3) is 11.5 Å². The number of hydrogen-bond donors (Lipinski definition) is 0. The molecule has 1 fully saturated rings. The first-order chi connectivity index (χ1) is 14.3. The van der Waals surface area contributed by atoms with E-state index in [1.54, 1.807) is 24.3 Å². The number of oxazole rings is 1. The first kappa shape index (κ1) is 20.6. The van der Waals surface area contributed by atoms with Gasteiger partial charge in [0.15, 0.2) is 0 Å². The molecular formula is C23H26N2O4S. The molecule has 0 saturated carbocycles. The highest BCUT2D eigenvalue weighted by Crippen LogP contribution is 2.36. The van der Waals surface area contributed by atoms with E-state index in [-0.39, 0.29) is 28.0 Å². The predicted octanol–water partition coefficient (Wildman–Crippen LogP) is 4.40. The van der Waals surface area contributed by atoms with Crippen molar-refractivity contribution >= 4 is 15.7 Å². The standard InChI is InChI=1S/C23H26N2O4S/c1-15-9-11-19(12-10-15)30(26,27)22-23(25-13-17(3)28-18(4)14-25)29-21(24-22)20-8-6-5-7-16(20)2/h5-12,17-18H,13-14H2,1-4H3/t17-,18+. The quantitative estimate of drug-likeness (QED) is 0.616. The Morgan fingerprint density at radius 2 is 1.60 bits per heavy atom. The highest BCUT2D eigenvalue weighted by Gasteiger charge is 2.34. The normalized spacial score (nSPS) is 19.8. The zero-order valence-electron chi connectivity index (χ0n) is 17.6. The smallest absolute Gasteiger partial charge is 0.236 e. The number of benzene rings is 2. The van der Waals surface area contributed by atoms with Gasteiger partial charge in [0.2, 0.25) is 26.6 Å². The monoisotopic (exact) mass is 426 g/mol. The summed E-state index contributed by atoms with van der Waals surface area (Å²) < 4.78 is 39.0. The minimum absolute atomic E-state index is 0.0457. The van der Waals surface area contributed by atoms with Crippen LogP contribution in [-0.4, -0.2) is 38.7 Å². The summed E-state index contributed by atoms with van der Waals surface area (Å²) in [6.45, 7) is 8.87. The van der Waals surface area contributed by atoms with Crippen molar-refractivity contribution in [2.45, 2.75) is 49.8 Å². The molecule has 0 spiro atoms. The molecule has 3 aromatic rings. The molecule has 0 unspecified atom stereocenters. The van der Waals surface area contributed by atoms with Gasteiger partial charge < -0.3 is 14.1 Å². The second-order valence-corrected chi connectivity index (χ2v) is 9.79. The lowest BCUT2D eigenvalue weighted by molar-refractivity contribution is -0.00657. The van der Waals surface area contributed by atoms with Gasteiger partial charge in [0.25, 0.3) is 0 Å². The second-order valence-electron chi connectivity index (χ2n) is 7.92. The fraction of sp³-hybridized carbons (Fsp3) is 0.348. The van der Waals surface area contributed by atoms with Crippen LogP contribution in [0, 0.1) is 13.8 Å². The summed E-state index contributed by atoms with van der Waals surface area (Å²) >= 11 is 0. The molecule has 6 nitrogen and oxygen atoms in total. The fourth-order valence-corrected chi connectivity index (χ4v) is 5.10. The molecule has 2 aromatic carbocycles. The molecule has 0 N–H and O–H groups in total. The van der Waals surface area contributed by atoms with Crippen LogP contribution in [0.2, 0.25) is 0 Å². The highest BCUT2D eigenvalue weighted by atomic mass is 32.2. The van der Waals surface area contributed by atoms with Gasteiger partial charge in [0.1, 0.15) is 0 Å². The lowest BCUT2D eigenvalue weighted by atomic mass is 10.1. The maximum absolute atomic E-state index is 13.5. The highest BCUT2D eigenvalue weighted by molar-refractivity contribution is 7.91. The van der Waals surface area contributed by atoms with Crippen LogP contribution in [0.5, 0.6) is 0 Å². The largest absolute Gasteiger partial charge is 0.419 e. The summed E-state index contributed by atoms with van der Waals surface area (Å²) in [4.78, 5) is 6.63. The molecule has 1 aliphatic heterocycles. The van der Waals surface area contributed by atoms with Crippen molar-refractivity contribution in [3.8, 4) is 11.5 Å². The third-order valence-electron chi connectivity index (χ3n) is 5.25. The third-order valence-corrected chi connectivity index (χ3v) is 6.92. The minimum atomic E-state index is -3.86. The Morgan fingerprint density at radius 3 is 2.23 bits per heavy atom. The Morgan fingerprint density at radius 1 is 0.967 bits per heavy atom. The number of aromatic nitrogens is 1. The summed E-state index contributed by atoms with van der Waals surface area (Å²) in [5.74, 6) is 0.580. The van der Waals surface area contributed by atoms with Gasteiger partial charge in [-0.2, -0.15) is 4.98 Å². The number of anilines is 1. The number of aryl methyl sites for hydroxylation is 2. The van der Waals surface area contributed by atoms with Gasteiger partial charge in [0.05, 0.1) is 17.1 Å². The van der Waals surface area contributed by atoms with Crippen LogP contribution in [0.1, 0.15) is 25.0 Å². The summed E-state index contributed by atoms with van der Waals surface area (Å²) in [6, 6.07) is 14.4. The first-order valence-electron chi connectivity index (χ1n) is 10.0. The van der Waals surface area contributed by atoms with E-state index in [2.05, 4.69) is 4.98 Å². The summed E-state index contributed by atoms with van der Waals surface area (Å²) in [5.41, 5.74) is 2.73. The van der Waals surface area contributed by atoms with E-state index in [9.17, 15) is 8.42 Å². The molecule has 0 amide bonds. The third kappa shape index (κ3) is 3.87. The average molecular weight is 427 g/mol. The summed E-state index contributed by atoms with van der Waals surface area (Å²) in [7, 11) is -3.86. The molecule has 2 heterocycles. The molecule has 30 heavy (non-hydrogen) atoms. The molecule has 158 valence electrons. The van der Waals surface area contributed by atoms with E-state index in [1.807, 2.05) is 56.9 Å². The molecular weight excluding hydrogens is 400 g/mol. The van der Waals surface area contributed by atoms with Gasteiger partial charge >= 0.3 is 0 Å². The van der Waals surface area contributed by atoms with Gasteiger partial charge in [-0.1, -0.05) is 35.9 Å². The Kier molecular flexibility index (Phi) is 5.42. The van der Waals surface area contributed by atoms with Crippen LogP contribution in [0.3, 0.4) is 0 Å². The molecule has 1 saturated heterocycles. The maximum Gasteiger partial charge on any atom is 0.236 e. The fourth-order valence-electron chi connectivity index (χ4n) is 3.77.